The fourth-order valence-corrected chi connectivity index (χ4v) is 1.79. The van der Waals surface area contributed by atoms with E-state index < -0.39 is 0 Å². The maximum atomic E-state index is 12.0. The summed E-state index contributed by atoms with van der Waals surface area (Å²) >= 11 is 5.80. The number of phenolic OH excluding ortho intramolecular Hbond substituents is 1. The van der Waals surface area contributed by atoms with Gasteiger partial charge in [-0.3, -0.25) is 4.79 Å². The van der Waals surface area contributed by atoms with Crippen molar-refractivity contribution in [1.29, 1.82) is 0 Å². The lowest BCUT2D eigenvalue weighted by Gasteiger charge is -2.04. The number of ketones is 1. The van der Waals surface area contributed by atoms with Gasteiger partial charge in [0.05, 0.1) is 10.7 Å². The average molecular weight is 262 g/mol. The molecule has 0 aliphatic rings. The van der Waals surface area contributed by atoms with Gasteiger partial charge in [-0.05, 0) is 35.9 Å². The van der Waals surface area contributed by atoms with Crippen molar-refractivity contribution in [2.24, 2.45) is 0 Å². The van der Waals surface area contributed by atoms with Crippen LogP contribution in [0.15, 0.2) is 42.5 Å². The van der Waals surface area contributed by atoms with Gasteiger partial charge in [-0.2, -0.15) is 0 Å². The molecule has 18 heavy (non-hydrogen) atoms. The molecule has 0 saturated heterocycles. The number of benzene rings is 2. The van der Waals surface area contributed by atoms with E-state index in [1.165, 1.54) is 0 Å². The minimum absolute atomic E-state index is 0.0658. The standard InChI is InChI=1S/C14H12ClNO2/c15-12-5-4-10(8-13(12)16)14(18)7-9-2-1-3-11(17)6-9/h1-6,8,17H,7,16H2. The Morgan fingerprint density at radius 3 is 2.67 bits per heavy atom. The van der Waals surface area contributed by atoms with Crippen LogP contribution in [0.25, 0.3) is 0 Å². The third-order valence-electron chi connectivity index (χ3n) is 2.59. The number of nitrogens with two attached hydrogens (primary N) is 1. The molecule has 2 rings (SSSR count). The number of Topliss-reactive ketones (excluding diaryl/α,β-unsaturated/α-hetero) is 1. The Bertz CT molecular complexity index is 596. The summed E-state index contributed by atoms with van der Waals surface area (Å²) in [5.41, 5.74) is 7.31. The first kappa shape index (κ1) is 12.5. The van der Waals surface area contributed by atoms with Crippen LogP contribution in [0, 0.1) is 0 Å². The van der Waals surface area contributed by atoms with Crippen LogP contribution in [0.3, 0.4) is 0 Å². The molecule has 2 aromatic rings. The summed E-state index contributed by atoms with van der Waals surface area (Å²) in [6, 6.07) is 11.4. The Morgan fingerprint density at radius 1 is 1.22 bits per heavy atom. The van der Waals surface area contributed by atoms with Crippen LogP contribution in [-0.4, -0.2) is 10.9 Å². The molecule has 0 radical (unpaired) electrons. The van der Waals surface area contributed by atoms with E-state index in [1.807, 2.05) is 0 Å². The fourth-order valence-electron chi connectivity index (χ4n) is 1.67. The molecule has 0 unspecified atom stereocenters. The van der Waals surface area contributed by atoms with Crippen molar-refractivity contribution in [3.05, 3.63) is 58.6 Å². The summed E-state index contributed by atoms with van der Waals surface area (Å²) in [6.45, 7) is 0. The number of carbonyl (C=O) groups excluding carboxylic acids is 1. The van der Waals surface area contributed by atoms with Crippen LogP contribution >= 0.6 is 11.6 Å². The second-order valence-corrected chi connectivity index (χ2v) is 4.41. The quantitative estimate of drug-likeness (QED) is 0.659. The minimum atomic E-state index is -0.0658. The van der Waals surface area contributed by atoms with E-state index in [2.05, 4.69) is 0 Å². The summed E-state index contributed by atoms with van der Waals surface area (Å²) in [5.74, 6) is 0.0832. The molecule has 0 aliphatic carbocycles. The van der Waals surface area contributed by atoms with Crippen LogP contribution in [0.2, 0.25) is 5.02 Å². The molecule has 0 atom stereocenters. The van der Waals surface area contributed by atoms with Crippen molar-refractivity contribution >= 4 is 23.1 Å². The van der Waals surface area contributed by atoms with Gasteiger partial charge in [0.2, 0.25) is 0 Å². The second kappa shape index (κ2) is 5.10. The Hall–Kier alpha value is -2.00. The lowest BCUT2D eigenvalue weighted by Crippen LogP contribution is -2.04. The second-order valence-electron chi connectivity index (χ2n) is 4.01. The number of anilines is 1. The lowest BCUT2D eigenvalue weighted by molar-refractivity contribution is 0.0993. The molecular formula is C14H12ClNO2. The average Bonchev–Trinajstić information content (AvgIpc) is 2.32. The topological polar surface area (TPSA) is 63.3 Å². The fraction of sp³-hybridized carbons (Fsp3) is 0.0714. The largest absolute Gasteiger partial charge is 0.508 e. The van der Waals surface area contributed by atoms with E-state index >= 15 is 0 Å². The van der Waals surface area contributed by atoms with Crippen molar-refractivity contribution in [1.82, 2.24) is 0 Å². The first-order valence-electron chi connectivity index (χ1n) is 5.42. The molecule has 0 heterocycles. The molecule has 0 spiro atoms. The maximum Gasteiger partial charge on any atom is 0.167 e. The van der Waals surface area contributed by atoms with Crippen molar-refractivity contribution < 1.29 is 9.90 Å². The highest BCUT2D eigenvalue weighted by Crippen LogP contribution is 2.21. The SMILES string of the molecule is Nc1cc(C(=O)Cc2cccc(O)c2)ccc1Cl. The summed E-state index contributed by atoms with van der Waals surface area (Å²) in [5, 5.41) is 9.76. The van der Waals surface area contributed by atoms with Crippen LogP contribution in [0.4, 0.5) is 5.69 Å². The highest BCUT2D eigenvalue weighted by atomic mass is 35.5. The van der Waals surface area contributed by atoms with Crippen molar-refractivity contribution in [2.45, 2.75) is 6.42 Å². The molecular weight excluding hydrogens is 250 g/mol. The monoisotopic (exact) mass is 261 g/mol. The third kappa shape index (κ3) is 2.81. The predicted octanol–water partition coefficient (Wildman–Crippen LogP) is 3.05. The number of carbonyl (C=O) groups is 1. The van der Waals surface area contributed by atoms with Gasteiger partial charge in [0.25, 0.3) is 0 Å². The van der Waals surface area contributed by atoms with Crippen molar-refractivity contribution in [2.75, 3.05) is 5.73 Å². The molecule has 0 aromatic heterocycles. The minimum Gasteiger partial charge on any atom is -0.508 e. The number of rotatable bonds is 3. The predicted molar refractivity (Wildman–Crippen MR) is 72.0 cm³/mol. The highest BCUT2D eigenvalue weighted by molar-refractivity contribution is 6.33. The molecule has 3 nitrogen and oxygen atoms in total. The maximum absolute atomic E-state index is 12.0. The van der Waals surface area contributed by atoms with E-state index in [9.17, 15) is 9.90 Å². The first-order chi connectivity index (χ1) is 8.56. The third-order valence-corrected chi connectivity index (χ3v) is 2.94. The molecule has 0 bridgehead atoms. The Labute approximate surface area is 110 Å². The molecule has 0 aliphatic heterocycles. The number of halogens is 1. The first-order valence-corrected chi connectivity index (χ1v) is 5.80. The van der Waals surface area contributed by atoms with Crippen LogP contribution in [0.1, 0.15) is 15.9 Å². The number of nitrogen functional groups attached to an aromatic ring is 1. The van der Waals surface area contributed by atoms with Gasteiger partial charge in [-0.1, -0.05) is 23.7 Å². The molecule has 92 valence electrons. The van der Waals surface area contributed by atoms with Crippen LogP contribution in [-0.2, 0) is 6.42 Å². The Kier molecular flexibility index (Phi) is 3.53. The number of hydrogen-bond donors (Lipinski definition) is 2. The van der Waals surface area contributed by atoms with E-state index in [1.54, 1.807) is 42.5 Å². The highest BCUT2D eigenvalue weighted by Gasteiger charge is 2.09. The van der Waals surface area contributed by atoms with E-state index in [-0.39, 0.29) is 18.0 Å². The summed E-state index contributed by atoms with van der Waals surface area (Å²) in [6.07, 6.45) is 0.218. The normalized spacial score (nSPS) is 10.3. The number of phenols is 1. The van der Waals surface area contributed by atoms with E-state index in [0.29, 0.717) is 16.3 Å². The van der Waals surface area contributed by atoms with Crippen LogP contribution < -0.4 is 5.73 Å². The summed E-state index contributed by atoms with van der Waals surface area (Å²) < 4.78 is 0. The smallest absolute Gasteiger partial charge is 0.167 e. The van der Waals surface area contributed by atoms with E-state index in [4.69, 9.17) is 17.3 Å². The number of aromatic hydroxyl groups is 1. The zero-order chi connectivity index (χ0) is 13.1. The van der Waals surface area contributed by atoms with Gasteiger partial charge in [0, 0.05) is 12.0 Å². The van der Waals surface area contributed by atoms with E-state index in [0.717, 1.165) is 5.56 Å². The van der Waals surface area contributed by atoms with Crippen LogP contribution in [0.5, 0.6) is 5.75 Å². The molecule has 3 N–H and O–H groups in total. The molecule has 4 heteroatoms. The van der Waals surface area contributed by atoms with Crippen molar-refractivity contribution in [3.8, 4) is 5.75 Å². The Morgan fingerprint density at radius 2 is 2.00 bits per heavy atom. The molecule has 2 aromatic carbocycles. The van der Waals surface area contributed by atoms with Gasteiger partial charge in [-0.25, -0.2) is 0 Å². The van der Waals surface area contributed by atoms with Gasteiger partial charge < -0.3 is 10.8 Å². The summed E-state index contributed by atoms with van der Waals surface area (Å²) in [4.78, 5) is 12.0. The Balaban J connectivity index is 2.19. The van der Waals surface area contributed by atoms with Gasteiger partial charge >= 0.3 is 0 Å². The van der Waals surface area contributed by atoms with Crippen molar-refractivity contribution in [3.63, 3.8) is 0 Å². The number of hydrogen-bond acceptors (Lipinski definition) is 3. The zero-order valence-electron chi connectivity index (χ0n) is 9.56. The molecule has 0 saturated carbocycles. The van der Waals surface area contributed by atoms with Gasteiger partial charge in [0.1, 0.15) is 5.75 Å². The molecule has 0 fully saturated rings. The lowest BCUT2D eigenvalue weighted by atomic mass is 10.0. The van der Waals surface area contributed by atoms with Gasteiger partial charge in [-0.15, -0.1) is 0 Å². The summed E-state index contributed by atoms with van der Waals surface area (Å²) in [7, 11) is 0. The van der Waals surface area contributed by atoms with Gasteiger partial charge in [0.15, 0.2) is 5.78 Å². The molecule has 0 amide bonds. The zero-order valence-corrected chi connectivity index (χ0v) is 10.3.